The van der Waals surface area contributed by atoms with Crippen molar-refractivity contribution < 1.29 is 0 Å². The third-order valence-electron chi connectivity index (χ3n) is 3.71. The van der Waals surface area contributed by atoms with Gasteiger partial charge in [0.15, 0.2) is 0 Å². The van der Waals surface area contributed by atoms with E-state index < -0.39 is 0 Å². The number of hydrogen-bond acceptors (Lipinski definition) is 4. The molecule has 0 saturated carbocycles. The first kappa shape index (κ1) is 17.1. The highest BCUT2D eigenvalue weighted by Gasteiger charge is 2.08. The number of aryl methyl sites for hydroxylation is 1. The van der Waals surface area contributed by atoms with Crippen molar-refractivity contribution in [1.82, 2.24) is 10.2 Å². The summed E-state index contributed by atoms with van der Waals surface area (Å²) in [5.41, 5.74) is 7.40. The topological polar surface area (TPSA) is 70.1 Å². The minimum absolute atomic E-state index is 0.305. The van der Waals surface area contributed by atoms with Crippen LogP contribution in [0.2, 0.25) is 0 Å². The summed E-state index contributed by atoms with van der Waals surface area (Å²) in [5.74, 6) is 0. The second-order valence-corrected chi connectivity index (χ2v) is 6.42. The number of rotatable bonds is 5. The maximum atomic E-state index is 11.6. The molecule has 0 spiro atoms. The molecule has 25 heavy (non-hydrogen) atoms. The molecule has 0 unspecified atom stereocenters. The molecule has 0 radical (unpaired) electrons. The molecule has 0 amide bonds. The molecule has 2 N–H and O–H groups in total. The second-order valence-electron chi connectivity index (χ2n) is 5.63. The van der Waals surface area contributed by atoms with Crippen LogP contribution in [0, 0.1) is 6.92 Å². The minimum atomic E-state index is -0.305. The van der Waals surface area contributed by atoms with Crippen molar-refractivity contribution in [3.8, 4) is 0 Å². The Morgan fingerprint density at radius 3 is 2.60 bits per heavy atom. The molecule has 2 aromatic carbocycles. The van der Waals surface area contributed by atoms with Gasteiger partial charge in [-0.15, -0.1) is 0 Å². The van der Waals surface area contributed by atoms with Gasteiger partial charge in [-0.3, -0.25) is 10.2 Å². The summed E-state index contributed by atoms with van der Waals surface area (Å²) in [4.78, 5) is 11.6. The first-order valence-corrected chi connectivity index (χ1v) is 8.59. The fraction of sp³-hybridized carbons (Fsp3) is 0.105. The smallest absolute Gasteiger partial charge is 0.275 e. The zero-order chi connectivity index (χ0) is 17.6. The molecule has 1 heterocycles. The summed E-state index contributed by atoms with van der Waals surface area (Å²) in [5, 5.41) is 10.7. The van der Waals surface area contributed by atoms with Crippen LogP contribution in [-0.4, -0.2) is 15.9 Å². The van der Waals surface area contributed by atoms with E-state index in [1.54, 1.807) is 0 Å². The van der Waals surface area contributed by atoms with E-state index in [9.17, 15) is 4.79 Å². The van der Waals surface area contributed by atoms with E-state index in [2.05, 4.69) is 67.8 Å². The van der Waals surface area contributed by atoms with Crippen LogP contribution < -0.4 is 11.0 Å². The lowest BCUT2D eigenvalue weighted by Gasteiger charge is -2.09. The highest BCUT2D eigenvalue weighted by molar-refractivity contribution is 9.10. The first-order valence-electron chi connectivity index (χ1n) is 7.80. The van der Waals surface area contributed by atoms with Gasteiger partial charge in [0.2, 0.25) is 0 Å². The van der Waals surface area contributed by atoms with Crippen LogP contribution in [0.3, 0.4) is 0 Å². The Balaban J connectivity index is 1.93. The molecule has 5 nitrogen and oxygen atoms in total. The molecular formula is C19H17BrN4O. The summed E-state index contributed by atoms with van der Waals surface area (Å²) >= 11 is 3.25. The SMILES string of the molecule is Cc1ccc(/C(Cc2ccccc2)=N/Nc2cn[nH]c(=O)c2Br)cc1. The molecule has 0 bridgehead atoms. The molecule has 0 aliphatic rings. The summed E-state index contributed by atoms with van der Waals surface area (Å²) in [6.45, 7) is 2.05. The Morgan fingerprint density at radius 2 is 1.88 bits per heavy atom. The standard InChI is InChI=1S/C19H17BrN4O/c1-13-7-9-15(10-8-13)16(11-14-5-3-2-4-6-14)22-23-17-12-21-24-19(25)18(17)20/h2-10,12H,11H2,1H3,(H2,23,24,25)/b22-16+. The summed E-state index contributed by atoms with van der Waals surface area (Å²) < 4.78 is 0.370. The van der Waals surface area contributed by atoms with Gasteiger partial charge in [-0.05, 0) is 34.0 Å². The molecule has 0 aliphatic heterocycles. The summed E-state index contributed by atoms with van der Waals surface area (Å²) in [6, 6.07) is 18.3. The van der Waals surface area contributed by atoms with Crippen LogP contribution in [0.5, 0.6) is 0 Å². The van der Waals surface area contributed by atoms with Crippen molar-refractivity contribution >= 4 is 27.3 Å². The van der Waals surface area contributed by atoms with Gasteiger partial charge < -0.3 is 0 Å². The van der Waals surface area contributed by atoms with Gasteiger partial charge >= 0.3 is 0 Å². The van der Waals surface area contributed by atoms with Crippen molar-refractivity contribution in [2.24, 2.45) is 5.10 Å². The predicted octanol–water partition coefficient (Wildman–Crippen LogP) is 3.90. The number of benzene rings is 2. The molecule has 0 saturated heterocycles. The fourth-order valence-corrected chi connectivity index (χ4v) is 2.61. The van der Waals surface area contributed by atoms with Gasteiger partial charge in [0.25, 0.3) is 5.56 Å². The fourth-order valence-electron chi connectivity index (χ4n) is 2.33. The maximum Gasteiger partial charge on any atom is 0.280 e. The van der Waals surface area contributed by atoms with E-state index >= 15 is 0 Å². The molecule has 0 aliphatic carbocycles. The highest BCUT2D eigenvalue weighted by atomic mass is 79.9. The first-order chi connectivity index (χ1) is 12.1. The van der Waals surface area contributed by atoms with Crippen LogP contribution in [0.4, 0.5) is 5.69 Å². The zero-order valence-electron chi connectivity index (χ0n) is 13.7. The quantitative estimate of drug-likeness (QED) is 0.507. The third kappa shape index (κ3) is 4.42. The lowest BCUT2D eigenvalue weighted by Crippen LogP contribution is -2.12. The molecular weight excluding hydrogens is 380 g/mol. The van der Waals surface area contributed by atoms with E-state index in [0.29, 0.717) is 16.6 Å². The number of H-pyrrole nitrogens is 1. The average Bonchev–Trinajstić information content (AvgIpc) is 2.63. The summed E-state index contributed by atoms with van der Waals surface area (Å²) in [6.07, 6.45) is 2.19. The van der Waals surface area contributed by atoms with Crippen LogP contribution >= 0.6 is 15.9 Å². The van der Waals surface area contributed by atoms with Crippen LogP contribution in [0.15, 0.2) is 75.2 Å². The third-order valence-corrected chi connectivity index (χ3v) is 4.49. The van der Waals surface area contributed by atoms with Crippen molar-refractivity contribution in [2.75, 3.05) is 5.43 Å². The highest BCUT2D eigenvalue weighted by Crippen LogP contribution is 2.16. The molecule has 1 aromatic heterocycles. The van der Waals surface area contributed by atoms with Gasteiger partial charge in [-0.1, -0.05) is 60.2 Å². The van der Waals surface area contributed by atoms with Gasteiger partial charge in [0, 0.05) is 6.42 Å². The predicted molar refractivity (Wildman–Crippen MR) is 104 cm³/mol. The Hall–Kier alpha value is -2.73. The minimum Gasteiger partial charge on any atom is -0.275 e. The Labute approximate surface area is 153 Å². The number of hydrazone groups is 1. The lowest BCUT2D eigenvalue weighted by molar-refractivity contribution is 0.976. The Kier molecular flexibility index (Phi) is 5.40. The number of anilines is 1. The van der Waals surface area contributed by atoms with Crippen LogP contribution in [0.1, 0.15) is 16.7 Å². The Bertz CT molecular complexity index is 934. The molecule has 3 aromatic rings. The molecule has 126 valence electrons. The average molecular weight is 397 g/mol. The lowest BCUT2D eigenvalue weighted by atomic mass is 10.0. The van der Waals surface area contributed by atoms with Crippen molar-refractivity contribution in [2.45, 2.75) is 13.3 Å². The normalized spacial score (nSPS) is 11.4. The number of aromatic amines is 1. The number of aromatic nitrogens is 2. The number of nitrogens with one attached hydrogen (secondary N) is 2. The van der Waals surface area contributed by atoms with Gasteiger partial charge in [-0.25, -0.2) is 5.10 Å². The van der Waals surface area contributed by atoms with Gasteiger partial charge in [-0.2, -0.15) is 10.2 Å². The van der Waals surface area contributed by atoms with E-state index in [4.69, 9.17) is 0 Å². The number of halogens is 1. The largest absolute Gasteiger partial charge is 0.280 e. The van der Waals surface area contributed by atoms with Gasteiger partial charge in [0.05, 0.1) is 17.6 Å². The van der Waals surface area contributed by atoms with E-state index in [1.165, 1.54) is 11.8 Å². The van der Waals surface area contributed by atoms with Crippen LogP contribution in [0.25, 0.3) is 0 Å². The van der Waals surface area contributed by atoms with E-state index in [-0.39, 0.29) is 5.56 Å². The van der Waals surface area contributed by atoms with Crippen LogP contribution in [-0.2, 0) is 6.42 Å². The molecule has 3 rings (SSSR count). The molecule has 0 fully saturated rings. The van der Waals surface area contributed by atoms with Crippen molar-refractivity contribution in [1.29, 1.82) is 0 Å². The molecule has 6 heteroatoms. The summed E-state index contributed by atoms with van der Waals surface area (Å²) in [7, 11) is 0. The molecule has 0 atom stereocenters. The van der Waals surface area contributed by atoms with E-state index in [0.717, 1.165) is 16.8 Å². The maximum absolute atomic E-state index is 11.6. The van der Waals surface area contributed by atoms with Crippen molar-refractivity contribution in [3.05, 3.63) is 92.3 Å². The zero-order valence-corrected chi connectivity index (χ0v) is 15.2. The number of nitrogens with zero attached hydrogens (tertiary/aromatic N) is 2. The van der Waals surface area contributed by atoms with Gasteiger partial charge in [0.1, 0.15) is 4.47 Å². The van der Waals surface area contributed by atoms with E-state index in [1.807, 2.05) is 30.3 Å². The monoisotopic (exact) mass is 396 g/mol. The Morgan fingerprint density at radius 1 is 1.16 bits per heavy atom. The number of hydrogen-bond donors (Lipinski definition) is 2. The second kappa shape index (κ2) is 7.90. The van der Waals surface area contributed by atoms with Crippen molar-refractivity contribution in [3.63, 3.8) is 0 Å².